The molecule has 10 heteroatoms. The Balaban J connectivity index is 1.55. The number of benzene rings is 1. The number of hydrogen-bond acceptors (Lipinski definition) is 8. The fourth-order valence-electron chi connectivity index (χ4n) is 3.77. The van der Waals surface area contributed by atoms with E-state index in [9.17, 15) is 9.59 Å². The van der Waals surface area contributed by atoms with Gasteiger partial charge >= 0.3 is 0 Å². The summed E-state index contributed by atoms with van der Waals surface area (Å²) in [6, 6.07) is 5.23. The maximum atomic E-state index is 12.9. The third-order valence-corrected chi connectivity index (χ3v) is 7.62. The van der Waals surface area contributed by atoms with Crippen molar-refractivity contribution in [1.82, 2.24) is 19.8 Å². The summed E-state index contributed by atoms with van der Waals surface area (Å²) in [5.41, 5.74) is 8.39. The lowest BCUT2D eigenvalue weighted by Gasteiger charge is -2.31. The smallest absolute Gasteiger partial charge is 0.282 e. The molecule has 1 fully saturated rings. The molecule has 4 rings (SSSR count). The predicted octanol–water partition coefficient (Wildman–Crippen LogP) is 3.44. The molecule has 2 amide bonds. The molecule has 0 bridgehead atoms. The second-order valence-corrected chi connectivity index (χ2v) is 10.6. The van der Waals surface area contributed by atoms with E-state index in [2.05, 4.69) is 16.9 Å². The molecule has 2 N–H and O–H groups in total. The van der Waals surface area contributed by atoms with Crippen molar-refractivity contribution in [3.63, 3.8) is 0 Å². The van der Waals surface area contributed by atoms with E-state index < -0.39 is 5.91 Å². The monoisotopic (exact) mass is 499 g/mol. The van der Waals surface area contributed by atoms with E-state index in [1.807, 2.05) is 31.1 Å². The van der Waals surface area contributed by atoms with Crippen molar-refractivity contribution in [2.75, 3.05) is 33.2 Å². The fourth-order valence-corrected chi connectivity index (χ4v) is 5.65. The van der Waals surface area contributed by atoms with Crippen LogP contribution in [0.25, 0.3) is 10.6 Å². The summed E-state index contributed by atoms with van der Waals surface area (Å²) in [4.78, 5) is 39.0. The van der Waals surface area contributed by atoms with Crippen molar-refractivity contribution < 1.29 is 14.3 Å². The Morgan fingerprint density at radius 2 is 1.91 bits per heavy atom. The molecule has 0 atom stereocenters. The van der Waals surface area contributed by atoms with E-state index in [0.717, 1.165) is 53.0 Å². The number of aryl methyl sites for hydroxylation is 1. The number of amides is 2. The molecule has 0 saturated carbocycles. The van der Waals surface area contributed by atoms with Crippen LogP contribution in [0.5, 0.6) is 5.75 Å². The number of nitrogens with two attached hydrogens (primary N) is 1. The number of hydrogen-bond donors (Lipinski definition) is 1. The summed E-state index contributed by atoms with van der Waals surface area (Å²) in [6.45, 7) is 9.01. The van der Waals surface area contributed by atoms with Gasteiger partial charge < -0.3 is 20.3 Å². The molecule has 2 aromatic heterocycles. The van der Waals surface area contributed by atoms with E-state index >= 15 is 0 Å². The third kappa shape index (κ3) is 5.45. The summed E-state index contributed by atoms with van der Waals surface area (Å²) < 4.78 is 5.93. The average molecular weight is 500 g/mol. The molecule has 0 unspecified atom stereocenters. The van der Waals surface area contributed by atoms with Gasteiger partial charge in [0.1, 0.15) is 5.75 Å². The third-order valence-electron chi connectivity index (χ3n) is 5.60. The first-order valence-corrected chi connectivity index (χ1v) is 12.9. The van der Waals surface area contributed by atoms with E-state index in [1.165, 1.54) is 22.7 Å². The van der Waals surface area contributed by atoms with E-state index in [-0.39, 0.29) is 12.0 Å². The van der Waals surface area contributed by atoms with Crippen LogP contribution in [-0.4, -0.2) is 70.9 Å². The number of piperazine rings is 1. The Morgan fingerprint density at radius 3 is 2.59 bits per heavy atom. The largest absolute Gasteiger partial charge is 0.491 e. The van der Waals surface area contributed by atoms with Crippen molar-refractivity contribution >= 4 is 34.5 Å². The second-order valence-electron chi connectivity index (χ2n) is 8.69. The van der Waals surface area contributed by atoms with Crippen LogP contribution in [0.3, 0.4) is 0 Å². The van der Waals surface area contributed by atoms with Gasteiger partial charge in [0.25, 0.3) is 5.91 Å². The lowest BCUT2D eigenvalue weighted by Crippen LogP contribution is -2.47. The highest BCUT2D eigenvalue weighted by atomic mass is 32.1. The number of aromatic nitrogens is 2. The molecule has 0 aliphatic carbocycles. The van der Waals surface area contributed by atoms with Crippen molar-refractivity contribution in [1.29, 1.82) is 0 Å². The van der Waals surface area contributed by atoms with Crippen LogP contribution < -0.4 is 10.5 Å². The summed E-state index contributed by atoms with van der Waals surface area (Å²) in [5.74, 6) is 0.224. The van der Waals surface area contributed by atoms with E-state index in [4.69, 9.17) is 15.5 Å². The van der Waals surface area contributed by atoms with Gasteiger partial charge in [-0.3, -0.25) is 9.59 Å². The van der Waals surface area contributed by atoms with Gasteiger partial charge in [-0.25, -0.2) is 9.97 Å². The molecular formula is C24H29N5O3S2. The highest BCUT2D eigenvalue weighted by Crippen LogP contribution is 2.33. The lowest BCUT2D eigenvalue weighted by atomic mass is 10.1. The molecule has 0 spiro atoms. The number of nitrogens with zero attached hydrogens (tertiary/aromatic N) is 4. The van der Waals surface area contributed by atoms with Crippen LogP contribution >= 0.6 is 22.7 Å². The van der Waals surface area contributed by atoms with Gasteiger partial charge in [0.15, 0.2) is 5.01 Å². The Morgan fingerprint density at radius 1 is 1.18 bits per heavy atom. The molecule has 3 heterocycles. The zero-order chi connectivity index (χ0) is 24.4. The Kier molecular flexibility index (Phi) is 7.30. The molecular weight excluding hydrogens is 470 g/mol. The summed E-state index contributed by atoms with van der Waals surface area (Å²) in [5, 5.41) is 3.37. The normalized spacial score (nSPS) is 14.6. The number of ether oxygens (including phenoxy) is 1. The Bertz CT molecular complexity index is 1200. The van der Waals surface area contributed by atoms with Gasteiger partial charge in [-0.1, -0.05) is 0 Å². The standard InChI is InChI=1S/C24H29N5O3S2/c1-14(2)32-19-6-5-16(22(25)30)11-17(19)12-20-27-18(13-33-20)21-15(3)26-23(34-21)24(31)29-9-7-28(4)8-10-29/h5-6,11,13-14H,7-10,12H2,1-4H3,(H2,25,30). The molecule has 34 heavy (non-hydrogen) atoms. The first-order valence-electron chi connectivity index (χ1n) is 11.2. The van der Waals surface area contributed by atoms with Crippen LogP contribution in [0.4, 0.5) is 0 Å². The second kappa shape index (κ2) is 10.2. The molecule has 180 valence electrons. The van der Waals surface area contributed by atoms with Crippen molar-refractivity contribution in [3.8, 4) is 16.3 Å². The maximum absolute atomic E-state index is 12.9. The first-order chi connectivity index (χ1) is 16.2. The van der Waals surface area contributed by atoms with Crippen LogP contribution in [0, 0.1) is 6.92 Å². The van der Waals surface area contributed by atoms with Gasteiger partial charge in [-0.15, -0.1) is 22.7 Å². The summed E-state index contributed by atoms with van der Waals surface area (Å²) >= 11 is 2.93. The first kappa shape index (κ1) is 24.3. The van der Waals surface area contributed by atoms with Gasteiger partial charge in [0.2, 0.25) is 5.91 Å². The summed E-state index contributed by atoms with van der Waals surface area (Å²) in [6.07, 6.45) is 0.514. The van der Waals surface area contributed by atoms with E-state index in [1.54, 1.807) is 18.2 Å². The number of carbonyl (C=O) groups excluding carboxylic acids is 2. The highest BCUT2D eigenvalue weighted by Gasteiger charge is 2.25. The van der Waals surface area contributed by atoms with Crippen molar-refractivity contribution in [2.45, 2.75) is 33.3 Å². The van der Waals surface area contributed by atoms with Gasteiger partial charge in [-0.2, -0.15) is 0 Å². The zero-order valence-corrected chi connectivity index (χ0v) is 21.5. The maximum Gasteiger partial charge on any atom is 0.282 e. The average Bonchev–Trinajstić information content (AvgIpc) is 3.40. The summed E-state index contributed by atoms with van der Waals surface area (Å²) in [7, 11) is 2.06. The molecule has 3 aromatic rings. The quantitative estimate of drug-likeness (QED) is 0.534. The van der Waals surface area contributed by atoms with Crippen molar-refractivity contribution in [3.05, 3.63) is 50.4 Å². The zero-order valence-electron chi connectivity index (χ0n) is 19.8. The molecule has 0 radical (unpaired) electrons. The number of likely N-dealkylation sites (N-methyl/N-ethyl adjacent to an activating group) is 1. The minimum Gasteiger partial charge on any atom is -0.491 e. The van der Waals surface area contributed by atoms with Crippen molar-refractivity contribution in [2.24, 2.45) is 5.73 Å². The van der Waals surface area contributed by atoms with Gasteiger partial charge in [0, 0.05) is 49.1 Å². The number of carbonyl (C=O) groups is 2. The van der Waals surface area contributed by atoms with Crippen LogP contribution in [0.1, 0.15) is 50.3 Å². The SMILES string of the molecule is Cc1nc(C(=O)N2CCN(C)CC2)sc1-c1csc(Cc2cc(C(N)=O)ccc2OC(C)C)n1. The predicted molar refractivity (Wildman–Crippen MR) is 135 cm³/mol. The van der Waals surface area contributed by atoms with Gasteiger partial charge in [-0.05, 0) is 46.0 Å². The Hall–Kier alpha value is -2.82. The molecule has 8 nitrogen and oxygen atoms in total. The van der Waals surface area contributed by atoms with Gasteiger partial charge in [0.05, 0.1) is 27.4 Å². The minimum atomic E-state index is -0.477. The number of primary amides is 1. The molecule has 1 saturated heterocycles. The van der Waals surface area contributed by atoms with E-state index in [0.29, 0.717) is 22.7 Å². The highest BCUT2D eigenvalue weighted by molar-refractivity contribution is 7.17. The van der Waals surface area contributed by atoms with Crippen LogP contribution in [-0.2, 0) is 6.42 Å². The molecule has 1 aliphatic rings. The number of rotatable bonds is 7. The lowest BCUT2D eigenvalue weighted by molar-refractivity contribution is 0.0663. The molecule has 1 aromatic carbocycles. The van der Waals surface area contributed by atoms with Crippen LogP contribution in [0.2, 0.25) is 0 Å². The fraction of sp³-hybridized carbons (Fsp3) is 0.417. The molecule has 1 aliphatic heterocycles. The number of thiazole rings is 2. The minimum absolute atomic E-state index is 0.00105. The Labute approximate surface area is 207 Å². The van der Waals surface area contributed by atoms with Crippen LogP contribution in [0.15, 0.2) is 23.6 Å². The topological polar surface area (TPSA) is 102 Å².